The SMILES string of the molecule is O=C(c1cnc(N(Cc2ccc(F)cc2)C(=O)O)s1)c1c[nH]c2ncccc12. The molecule has 4 aromatic rings. The number of benzene rings is 1. The molecule has 0 aliphatic rings. The van der Waals surface area contributed by atoms with Crippen LogP contribution >= 0.6 is 11.3 Å². The first-order chi connectivity index (χ1) is 13.5. The third kappa shape index (κ3) is 3.35. The number of H-pyrrole nitrogens is 1. The number of hydrogen-bond acceptors (Lipinski definition) is 5. The number of halogens is 1. The van der Waals surface area contributed by atoms with E-state index in [0.717, 1.165) is 16.2 Å². The summed E-state index contributed by atoms with van der Waals surface area (Å²) in [6.07, 6.45) is 3.34. The summed E-state index contributed by atoms with van der Waals surface area (Å²) in [4.78, 5) is 37.0. The Morgan fingerprint density at radius 2 is 1.96 bits per heavy atom. The van der Waals surface area contributed by atoms with E-state index in [9.17, 15) is 19.1 Å². The lowest BCUT2D eigenvalue weighted by Crippen LogP contribution is -2.28. The van der Waals surface area contributed by atoms with Crippen molar-refractivity contribution in [3.8, 4) is 0 Å². The smallest absolute Gasteiger partial charge is 0.413 e. The third-order valence-corrected chi connectivity index (χ3v) is 5.15. The van der Waals surface area contributed by atoms with Crippen LogP contribution in [0.15, 0.2) is 55.0 Å². The molecule has 2 N–H and O–H groups in total. The molecule has 0 radical (unpaired) electrons. The first-order valence-electron chi connectivity index (χ1n) is 8.20. The van der Waals surface area contributed by atoms with E-state index >= 15 is 0 Å². The van der Waals surface area contributed by atoms with Crippen LogP contribution in [0.4, 0.5) is 14.3 Å². The second-order valence-corrected chi connectivity index (χ2v) is 6.94. The number of aromatic nitrogens is 3. The van der Waals surface area contributed by atoms with Crippen molar-refractivity contribution in [1.29, 1.82) is 0 Å². The average molecular weight is 396 g/mol. The van der Waals surface area contributed by atoms with Crippen LogP contribution in [0.3, 0.4) is 0 Å². The quantitative estimate of drug-likeness (QED) is 0.495. The standard InChI is InChI=1S/C19H13FN4O3S/c20-12-5-3-11(4-6-12)10-24(19(26)27)18-23-9-15(28-18)16(25)14-8-22-17-13(14)2-1-7-21-17/h1-9H,10H2,(H,21,22)(H,26,27). The number of carbonyl (C=O) groups excluding carboxylic acids is 1. The van der Waals surface area contributed by atoms with E-state index in [-0.39, 0.29) is 17.5 Å². The second-order valence-electron chi connectivity index (χ2n) is 5.93. The lowest BCUT2D eigenvalue weighted by Gasteiger charge is -2.15. The Bertz CT molecular complexity index is 1170. The molecule has 0 aliphatic carbocycles. The number of fused-ring (bicyclic) bond motifs is 1. The molecule has 140 valence electrons. The zero-order chi connectivity index (χ0) is 19.7. The Labute approximate surface area is 162 Å². The molecule has 4 rings (SSSR count). The molecule has 3 heterocycles. The Morgan fingerprint density at radius 3 is 2.71 bits per heavy atom. The molecular formula is C19H13FN4O3S. The first kappa shape index (κ1) is 17.8. The average Bonchev–Trinajstić information content (AvgIpc) is 3.34. The van der Waals surface area contributed by atoms with Gasteiger partial charge >= 0.3 is 6.09 Å². The highest BCUT2D eigenvalue weighted by Crippen LogP contribution is 2.28. The molecule has 7 nitrogen and oxygen atoms in total. The molecule has 0 atom stereocenters. The van der Waals surface area contributed by atoms with Crippen molar-refractivity contribution < 1.29 is 19.1 Å². The van der Waals surface area contributed by atoms with E-state index in [1.54, 1.807) is 24.5 Å². The zero-order valence-electron chi connectivity index (χ0n) is 14.3. The number of nitrogens with one attached hydrogen (secondary N) is 1. The Hall–Kier alpha value is -3.59. The number of hydrogen-bond donors (Lipinski definition) is 2. The molecular weight excluding hydrogens is 383 g/mol. The molecule has 0 fully saturated rings. The van der Waals surface area contributed by atoms with Crippen LogP contribution in [0.25, 0.3) is 11.0 Å². The van der Waals surface area contributed by atoms with Gasteiger partial charge in [0.2, 0.25) is 5.78 Å². The van der Waals surface area contributed by atoms with Crippen molar-refractivity contribution in [3.63, 3.8) is 0 Å². The van der Waals surface area contributed by atoms with Gasteiger partial charge in [-0.25, -0.2) is 24.1 Å². The number of pyridine rings is 1. The van der Waals surface area contributed by atoms with Gasteiger partial charge in [-0.3, -0.25) is 4.79 Å². The van der Waals surface area contributed by atoms with E-state index < -0.39 is 11.9 Å². The fraction of sp³-hybridized carbons (Fsp3) is 0.0526. The molecule has 1 aromatic carbocycles. The minimum absolute atomic E-state index is 0.00619. The molecule has 0 saturated heterocycles. The molecule has 3 aromatic heterocycles. The summed E-state index contributed by atoms with van der Waals surface area (Å²) < 4.78 is 13.1. The highest BCUT2D eigenvalue weighted by Gasteiger charge is 2.22. The molecule has 1 amide bonds. The van der Waals surface area contributed by atoms with Crippen LogP contribution in [0, 0.1) is 5.82 Å². The molecule has 0 bridgehead atoms. The number of aromatic amines is 1. The monoisotopic (exact) mass is 396 g/mol. The first-order valence-corrected chi connectivity index (χ1v) is 9.02. The van der Waals surface area contributed by atoms with Crippen LogP contribution < -0.4 is 4.90 Å². The number of thiazole rings is 1. The summed E-state index contributed by atoms with van der Waals surface area (Å²) in [5, 5.41) is 10.4. The summed E-state index contributed by atoms with van der Waals surface area (Å²) in [7, 11) is 0. The molecule has 0 unspecified atom stereocenters. The largest absolute Gasteiger partial charge is 0.465 e. The topological polar surface area (TPSA) is 99.2 Å². The fourth-order valence-corrected chi connectivity index (χ4v) is 3.62. The number of ketones is 1. The zero-order valence-corrected chi connectivity index (χ0v) is 15.1. The number of nitrogens with zero attached hydrogens (tertiary/aromatic N) is 3. The lowest BCUT2D eigenvalue weighted by molar-refractivity contribution is 0.104. The van der Waals surface area contributed by atoms with E-state index in [0.29, 0.717) is 27.0 Å². The predicted molar refractivity (Wildman–Crippen MR) is 102 cm³/mol. The van der Waals surface area contributed by atoms with E-state index in [2.05, 4.69) is 15.0 Å². The van der Waals surface area contributed by atoms with Gasteiger partial charge in [0, 0.05) is 17.8 Å². The van der Waals surface area contributed by atoms with Gasteiger partial charge < -0.3 is 10.1 Å². The maximum Gasteiger partial charge on any atom is 0.413 e. The summed E-state index contributed by atoms with van der Waals surface area (Å²) in [5.41, 5.74) is 1.65. The van der Waals surface area contributed by atoms with Crippen molar-refractivity contribution in [2.24, 2.45) is 0 Å². The molecule has 0 aliphatic heterocycles. The maximum atomic E-state index is 13.1. The predicted octanol–water partition coefficient (Wildman–Crippen LogP) is 4.07. The molecule has 9 heteroatoms. The number of carbonyl (C=O) groups is 2. The van der Waals surface area contributed by atoms with E-state index in [4.69, 9.17) is 0 Å². The molecule has 0 saturated carbocycles. The van der Waals surface area contributed by atoms with Crippen LogP contribution in [0.1, 0.15) is 20.8 Å². The molecule has 28 heavy (non-hydrogen) atoms. The minimum Gasteiger partial charge on any atom is -0.465 e. The van der Waals surface area contributed by atoms with Crippen molar-refractivity contribution in [2.75, 3.05) is 4.90 Å². The Morgan fingerprint density at radius 1 is 1.18 bits per heavy atom. The Balaban J connectivity index is 1.62. The van der Waals surface area contributed by atoms with Gasteiger partial charge in [0.05, 0.1) is 23.2 Å². The maximum absolute atomic E-state index is 13.1. The second kappa shape index (κ2) is 7.20. The van der Waals surface area contributed by atoms with Gasteiger partial charge in [0.25, 0.3) is 0 Å². The van der Waals surface area contributed by atoms with Crippen LogP contribution in [0.5, 0.6) is 0 Å². The number of anilines is 1. The normalized spacial score (nSPS) is 10.9. The summed E-state index contributed by atoms with van der Waals surface area (Å²) in [6, 6.07) is 9.05. The van der Waals surface area contributed by atoms with Gasteiger partial charge in [0.15, 0.2) is 5.13 Å². The van der Waals surface area contributed by atoms with Crippen LogP contribution in [-0.2, 0) is 6.54 Å². The highest BCUT2D eigenvalue weighted by molar-refractivity contribution is 7.17. The number of amides is 1. The van der Waals surface area contributed by atoms with Crippen molar-refractivity contribution in [3.05, 3.63) is 76.8 Å². The van der Waals surface area contributed by atoms with Crippen LogP contribution in [-0.4, -0.2) is 31.9 Å². The van der Waals surface area contributed by atoms with Crippen molar-refractivity contribution in [1.82, 2.24) is 15.0 Å². The summed E-state index contributed by atoms with van der Waals surface area (Å²) in [6.45, 7) is -0.00619. The van der Waals surface area contributed by atoms with Gasteiger partial charge in [-0.15, -0.1) is 0 Å². The van der Waals surface area contributed by atoms with E-state index in [1.165, 1.54) is 30.5 Å². The minimum atomic E-state index is -1.21. The number of rotatable bonds is 5. The lowest BCUT2D eigenvalue weighted by atomic mass is 10.1. The third-order valence-electron chi connectivity index (χ3n) is 4.13. The van der Waals surface area contributed by atoms with Crippen molar-refractivity contribution in [2.45, 2.75) is 6.54 Å². The van der Waals surface area contributed by atoms with E-state index in [1.807, 2.05) is 0 Å². The van der Waals surface area contributed by atoms with Gasteiger partial charge in [0.1, 0.15) is 11.5 Å². The molecule has 0 spiro atoms. The van der Waals surface area contributed by atoms with Crippen molar-refractivity contribution >= 4 is 39.4 Å². The fourth-order valence-electron chi connectivity index (χ4n) is 2.76. The highest BCUT2D eigenvalue weighted by atomic mass is 32.1. The van der Waals surface area contributed by atoms with Gasteiger partial charge in [-0.1, -0.05) is 23.5 Å². The Kier molecular flexibility index (Phi) is 4.58. The van der Waals surface area contributed by atoms with Crippen LogP contribution in [0.2, 0.25) is 0 Å². The van der Waals surface area contributed by atoms with Gasteiger partial charge in [-0.05, 0) is 29.8 Å². The summed E-state index contributed by atoms with van der Waals surface area (Å²) >= 11 is 0.983. The number of carboxylic acid groups (broad SMARTS) is 1. The summed E-state index contributed by atoms with van der Waals surface area (Å²) in [5.74, 6) is -0.670. The van der Waals surface area contributed by atoms with Gasteiger partial charge in [-0.2, -0.15) is 0 Å².